The van der Waals surface area contributed by atoms with E-state index >= 15 is 0 Å². The summed E-state index contributed by atoms with van der Waals surface area (Å²) in [6.07, 6.45) is 5.95. The summed E-state index contributed by atoms with van der Waals surface area (Å²) in [5, 5.41) is 0.822. The Hall–Kier alpha value is -2.58. The van der Waals surface area contributed by atoms with Crippen LogP contribution in [0.3, 0.4) is 0 Å². The minimum Gasteiger partial charge on any atom is -0.493 e. The third-order valence-electron chi connectivity index (χ3n) is 5.27. The van der Waals surface area contributed by atoms with Crippen LogP contribution in [0.5, 0.6) is 5.75 Å². The van der Waals surface area contributed by atoms with Crippen molar-refractivity contribution in [1.29, 1.82) is 0 Å². The standard InChI is InChI=1S/C20H23N3O4S/c1-12-14(9-22-28(25)26)5-6-17(27-11-13-3-4-13)18(12)16-10-23(2)20(24)19-15(16)7-8-21-19/h5-8,10,13,21,28H,3-4,9,11H2,1-2H3,(H,22,25,26). The number of thiol groups is 1. The molecule has 1 aliphatic rings. The number of pyridine rings is 1. The summed E-state index contributed by atoms with van der Waals surface area (Å²) in [4.78, 5) is 15.5. The normalized spacial score (nSPS) is 14.1. The average molecular weight is 401 g/mol. The van der Waals surface area contributed by atoms with E-state index in [0.29, 0.717) is 18.0 Å². The average Bonchev–Trinajstić information content (AvgIpc) is 3.36. The Bertz CT molecular complexity index is 1160. The van der Waals surface area contributed by atoms with Crippen LogP contribution in [0.1, 0.15) is 24.0 Å². The lowest BCUT2D eigenvalue weighted by Gasteiger charge is -2.18. The van der Waals surface area contributed by atoms with Crippen LogP contribution in [0.25, 0.3) is 22.0 Å². The molecule has 148 valence electrons. The molecular weight excluding hydrogens is 378 g/mol. The minimum atomic E-state index is -2.68. The molecule has 7 nitrogen and oxygen atoms in total. The lowest BCUT2D eigenvalue weighted by molar-refractivity contribution is 0.301. The number of fused-ring (bicyclic) bond motifs is 1. The molecule has 4 rings (SSSR count). The lowest BCUT2D eigenvalue weighted by atomic mass is 9.94. The SMILES string of the molecule is Cc1c(CN[SH](=O)=O)ccc(OCC2CC2)c1-c1cn(C)c(=O)c2[nH]ccc12. The van der Waals surface area contributed by atoms with Gasteiger partial charge in [0.05, 0.1) is 6.61 Å². The third-order valence-corrected chi connectivity index (χ3v) is 5.69. The molecule has 0 saturated heterocycles. The fraction of sp³-hybridized carbons (Fsp3) is 0.350. The van der Waals surface area contributed by atoms with Crippen molar-refractivity contribution in [2.24, 2.45) is 13.0 Å². The smallest absolute Gasteiger partial charge is 0.274 e. The Labute approximate surface area is 164 Å². The molecule has 2 N–H and O–H groups in total. The van der Waals surface area contributed by atoms with Gasteiger partial charge in [0.15, 0.2) is 0 Å². The van der Waals surface area contributed by atoms with E-state index in [2.05, 4.69) is 9.71 Å². The van der Waals surface area contributed by atoms with E-state index in [-0.39, 0.29) is 12.1 Å². The third kappa shape index (κ3) is 3.57. The van der Waals surface area contributed by atoms with Crippen LogP contribution < -0.4 is 15.0 Å². The molecule has 28 heavy (non-hydrogen) atoms. The van der Waals surface area contributed by atoms with E-state index in [1.54, 1.807) is 17.8 Å². The second-order valence-electron chi connectivity index (χ2n) is 7.29. The summed E-state index contributed by atoms with van der Waals surface area (Å²) in [6.45, 7) is 2.83. The van der Waals surface area contributed by atoms with Crippen LogP contribution in [0.2, 0.25) is 0 Å². The highest BCUT2D eigenvalue weighted by atomic mass is 32.2. The number of hydrogen-bond donors (Lipinski definition) is 3. The molecule has 1 aliphatic carbocycles. The molecule has 0 spiro atoms. The highest BCUT2D eigenvalue weighted by Gasteiger charge is 2.24. The molecule has 0 radical (unpaired) electrons. The maximum Gasteiger partial charge on any atom is 0.274 e. The molecule has 0 atom stereocenters. The van der Waals surface area contributed by atoms with E-state index < -0.39 is 10.9 Å². The Balaban J connectivity index is 1.89. The van der Waals surface area contributed by atoms with Gasteiger partial charge in [-0.1, -0.05) is 6.07 Å². The zero-order chi connectivity index (χ0) is 19.8. The zero-order valence-electron chi connectivity index (χ0n) is 15.8. The number of aromatic amines is 1. The molecule has 3 aromatic rings. The van der Waals surface area contributed by atoms with Crippen molar-refractivity contribution >= 4 is 21.8 Å². The Morgan fingerprint density at radius 3 is 2.79 bits per heavy atom. The second-order valence-corrected chi connectivity index (χ2v) is 8.12. The maximum atomic E-state index is 12.4. The van der Waals surface area contributed by atoms with E-state index in [0.717, 1.165) is 33.4 Å². The predicted octanol–water partition coefficient (Wildman–Crippen LogP) is 2.25. The summed E-state index contributed by atoms with van der Waals surface area (Å²) in [6, 6.07) is 5.67. The summed E-state index contributed by atoms with van der Waals surface area (Å²) in [5.74, 6) is 1.35. The van der Waals surface area contributed by atoms with Crippen molar-refractivity contribution in [2.45, 2.75) is 26.3 Å². The highest BCUT2D eigenvalue weighted by molar-refractivity contribution is 7.70. The minimum absolute atomic E-state index is 0.0944. The number of H-pyrrole nitrogens is 1. The lowest BCUT2D eigenvalue weighted by Crippen LogP contribution is -2.17. The first-order chi connectivity index (χ1) is 13.5. The number of rotatable bonds is 7. The van der Waals surface area contributed by atoms with Gasteiger partial charge < -0.3 is 14.3 Å². The van der Waals surface area contributed by atoms with Gasteiger partial charge in [0.25, 0.3) is 5.56 Å². The molecule has 2 heterocycles. The van der Waals surface area contributed by atoms with Crippen LogP contribution in [-0.2, 0) is 24.5 Å². The number of nitrogens with zero attached hydrogens (tertiary/aromatic N) is 1. The van der Waals surface area contributed by atoms with Crippen LogP contribution in [0, 0.1) is 12.8 Å². The van der Waals surface area contributed by atoms with Crippen molar-refractivity contribution in [3.8, 4) is 16.9 Å². The van der Waals surface area contributed by atoms with E-state index in [1.807, 2.05) is 31.3 Å². The molecule has 8 heteroatoms. The van der Waals surface area contributed by atoms with E-state index in [9.17, 15) is 13.2 Å². The van der Waals surface area contributed by atoms with Crippen LogP contribution in [0.4, 0.5) is 0 Å². The predicted molar refractivity (Wildman–Crippen MR) is 109 cm³/mol. The molecule has 0 bridgehead atoms. The molecule has 0 amide bonds. The summed E-state index contributed by atoms with van der Waals surface area (Å²) in [7, 11) is -0.955. The van der Waals surface area contributed by atoms with Gasteiger partial charge in [-0.3, -0.25) is 4.79 Å². The number of hydrogen-bond acceptors (Lipinski definition) is 4. The Morgan fingerprint density at radius 2 is 2.07 bits per heavy atom. The largest absolute Gasteiger partial charge is 0.493 e. The van der Waals surface area contributed by atoms with Gasteiger partial charge in [-0.05, 0) is 48.9 Å². The number of nitrogens with one attached hydrogen (secondary N) is 2. The molecule has 1 aromatic carbocycles. The van der Waals surface area contributed by atoms with Crippen LogP contribution in [0.15, 0.2) is 35.4 Å². The first-order valence-corrected chi connectivity index (χ1v) is 10.4. The summed E-state index contributed by atoms with van der Waals surface area (Å²) >= 11 is 0. The van der Waals surface area contributed by atoms with Gasteiger partial charge in [0, 0.05) is 42.5 Å². The van der Waals surface area contributed by atoms with Crippen molar-refractivity contribution in [2.75, 3.05) is 6.61 Å². The molecule has 0 unspecified atom stereocenters. The van der Waals surface area contributed by atoms with Gasteiger partial charge in [-0.25, -0.2) is 13.1 Å². The van der Waals surface area contributed by atoms with Gasteiger partial charge in [-0.15, -0.1) is 0 Å². The quantitative estimate of drug-likeness (QED) is 0.530. The Kier molecular flexibility index (Phi) is 4.99. The fourth-order valence-corrected chi connectivity index (χ4v) is 3.79. The number of aromatic nitrogens is 2. The number of benzene rings is 1. The molecule has 2 aromatic heterocycles. The molecule has 0 aliphatic heterocycles. The van der Waals surface area contributed by atoms with E-state index in [4.69, 9.17) is 4.74 Å². The van der Waals surface area contributed by atoms with Crippen molar-refractivity contribution in [3.63, 3.8) is 0 Å². The number of ether oxygens (including phenoxy) is 1. The fourth-order valence-electron chi connectivity index (χ4n) is 3.49. The Morgan fingerprint density at radius 1 is 1.29 bits per heavy atom. The van der Waals surface area contributed by atoms with Gasteiger partial charge in [-0.2, -0.15) is 0 Å². The summed E-state index contributed by atoms with van der Waals surface area (Å²) < 4.78 is 32.1. The zero-order valence-corrected chi connectivity index (χ0v) is 16.7. The highest BCUT2D eigenvalue weighted by Crippen LogP contribution is 2.39. The van der Waals surface area contributed by atoms with Crippen molar-refractivity contribution in [1.82, 2.24) is 14.3 Å². The topological polar surface area (TPSA) is 93.2 Å². The van der Waals surface area contributed by atoms with Gasteiger partial charge in [0.1, 0.15) is 11.3 Å². The van der Waals surface area contributed by atoms with Crippen molar-refractivity contribution in [3.05, 3.63) is 52.1 Å². The van der Waals surface area contributed by atoms with Gasteiger partial charge in [0.2, 0.25) is 10.9 Å². The van der Waals surface area contributed by atoms with Crippen molar-refractivity contribution < 1.29 is 13.2 Å². The first kappa shape index (κ1) is 18.8. The first-order valence-electron chi connectivity index (χ1n) is 9.26. The monoisotopic (exact) mass is 401 g/mol. The number of aryl methyl sites for hydroxylation is 1. The van der Waals surface area contributed by atoms with Crippen LogP contribution in [-0.4, -0.2) is 24.6 Å². The van der Waals surface area contributed by atoms with E-state index in [1.165, 1.54) is 12.8 Å². The summed E-state index contributed by atoms with van der Waals surface area (Å²) in [5.41, 5.74) is 4.02. The van der Waals surface area contributed by atoms with Crippen LogP contribution >= 0.6 is 0 Å². The maximum absolute atomic E-state index is 12.4. The van der Waals surface area contributed by atoms with Gasteiger partial charge >= 0.3 is 0 Å². The molecular formula is C20H23N3O4S. The molecule has 1 fully saturated rings. The molecule has 1 saturated carbocycles. The second kappa shape index (κ2) is 7.44.